The third kappa shape index (κ3) is 3.16. The SMILES string of the molecule is CC(=O)c1ccc(NC(=O)c2ccc[n+]([O-])c2)cc1. The molecule has 0 aliphatic carbocycles. The van der Waals surface area contributed by atoms with Gasteiger partial charge >= 0.3 is 0 Å². The highest BCUT2D eigenvalue weighted by atomic mass is 16.5. The van der Waals surface area contributed by atoms with Crippen LogP contribution in [0.5, 0.6) is 0 Å². The number of nitrogens with one attached hydrogen (secondary N) is 1. The Morgan fingerprint density at radius 1 is 1.11 bits per heavy atom. The first-order valence-corrected chi connectivity index (χ1v) is 5.67. The number of rotatable bonds is 3. The molecule has 2 aromatic rings. The molecule has 0 bridgehead atoms. The number of hydrogen-bond acceptors (Lipinski definition) is 3. The van der Waals surface area contributed by atoms with Crippen molar-refractivity contribution in [2.75, 3.05) is 5.32 Å². The van der Waals surface area contributed by atoms with E-state index in [1.54, 1.807) is 30.3 Å². The van der Waals surface area contributed by atoms with Gasteiger partial charge < -0.3 is 10.5 Å². The molecular weight excluding hydrogens is 244 g/mol. The van der Waals surface area contributed by atoms with Crippen molar-refractivity contribution in [3.63, 3.8) is 0 Å². The lowest BCUT2D eigenvalue weighted by Crippen LogP contribution is -2.27. The summed E-state index contributed by atoms with van der Waals surface area (Å²) in [7, 11) is 0. The predicted octanol–water partition coefficient (Wildman–Crippen LogP) is 1.77. The van der Waals surface area contributed by atoms with Crippen molar-refractivity contribution in [3.8, 4) is 0 Å². The molecule has 1 heterocycles. The van der Waals surface area contributed by atoms with E-state index in [9.17, 15) is 14.8 Å². The minimum Gasteiger partial charge on any atom is -0.619 e. The number of carbonyl (C=O) groups excluding carboxylic acids is 2. The molecule has 0 aliphatic rings. The Hall–Kier alpha value is -2.69. The summed E-state index contributed by atoms with van der Waals surface area (Å²) in [6, 6.07) is 9.60. The van der Waals surface area contributed by atoms with Crippen LogP contribution in [0.15, 0.2) is 48.8 Å². The van der Waals surface area contributed by atoms with Crippen LogP contribution in [0.3, 0.4) is 0 Å². The van der Waals surface area contributed by atoms with E-state index in [1.165, 1.54) is 25.4 Å². The maximum atomic E-state index is 11.9. The number of ketones is 1. The lowest BCUT2D eigenvalue weighted by atomic mass is 10.1. The van der Waals surface area contributed by atoms with Crippen molar-refractivity contribution in [2.45, 2.75) is 6.92 Å². The molecule has 96 valence electrons. The number of Topliss-reactive ketones (excluding diaryl/α,β-unsaturated/α-hetero) is 1. The summed E-state index contributed by atoms with van der Waals surface area (Å²) in [6.45, 7) is 1.48. The van der Waals surface area contributed by atoms with Crippen LogP contribution < -0.4 is 10.0 Å². The van der Waals surface area contributed by atoms with Crippen molar-refractivity contribution < 1.29 is 14.3 Å². The van der Waals surface area contributed by atoms with Crippen LogP contribution in [0.1, 0.15) is 27.6 Å². The molecule has 1 amide bonds. The van der Waals surface area contributed by atoms with E-state index in [1.807, 2.05) is 0 Å². The van der Waals surface area contributed by atoms with Crippen LogP contribution >= 0.6 is 0 Å². The summed E-state index contributed by atoms with van der Waals surface area (Å²) in [6.07, 6.45) is 2.50. The number of anilines is 1. The van der Waals surface area contributed by atoms with Gasteiger partial charge in [0, 0.05) is 17.3 Å². The van der Waals surface area contributed by atoms with Gasteiger partial charge in [0.2, 0.25) is 0 Å². The minimum absolute atomic E-state index is 0.0340. The van der Waals surface area contributed by atoms with Crippen molar-refractivity contribution in [3.05, 3.63) is 65.1 Å². The van der Waals surface area contributed by atoms with Gasteiger partial charge in [-0.3, -0.25) is 9.59 Å². The first kappa shape index (κ1) is 12.8. The van der Waals surface area contributed by atoms with E-state index in [2.05, 4.69) is 5.32 Å². The zero-order valence-corrected chi connectivity index (χ0v) is 10.3. The summed E-state index contributed by atoms with van der Waals surface area (Å²) in [4.78, 5) is 23.0. The number of amides is 1. The number of pyridine rings is 1. The molecule has 0 spiro atoms. The highest BCUT2D eigenvalue weighted by Crippen LogP contribution is 2.11. The second-order valence-corrected chi connectivity index (χ2v) is 4.04. The van der Waals surface area contributed by atoms with Crippen LogP contribution in [0.25, 0.3) is 0 Å². The zero-order valence-electron chi connectivity index (χ0n) is 10.3. The molecule has 0 saturated heterocycles. The summed E-state index contributed by atoms with van der Waals surface area (Å²) in [5.41, 5.74) is 1.42. The fourth-order valence-corrected chi connectivity index (χ4v) is 1.58. The van der Waals surface area contributed by atoms with Gasteiger partial charge in [0.15, 0.2) is 18.2 Å². The summed E-state index contributed by atoms with van der Waals surface area (Å²) < 4.78 is 0.563. The van der Waals surface area contributed by atoms with Gasteiger partial charge in [-0.05, 0) is 37.3 Å². The van der Waals surface area contributed by atoms with Crippen LogP contribution in [0.2, 0.25) is 0 Å². The molecule has 5 nitrogen and oxygen atoms in total. The number of carbonyl (C=O) groups is 2. The number of nitrogens with zero attached hydrogens (tertiary/aromatic N) is 1. The maximum absolute atomic E-state index is 11.9. The quantitative estimate of drug-likeness (QED) is 0.516. The number of hydrogen-bond donors (Lipinski definition) is 1. The second-order valence-electron chi connectivity index (χ2n) is 4.04. The lowest BCUT2D eigenvalue weighted by Gasteiger charge is -2.05. The molecule has 0 atom stereocenters. The Morgan fingerprint density at radius 2 is 1.79 bits per heavy atom. The van der Waals surface area contributed by atoms with E-state index in [0.717, 1.165) is 0 Å². The fourth-order valence-electron chi connectivity index (χ4n) is 1.58. The Balaban J connectivity index is 2.13. The Kier molecular flexibility index (Phi) is 3.56. The molecule has 0 unspecified atom stereocenters. The Labute approximate surface area is 110 Å². The van der Waals surface area contributed by atoms with Gasteiger partial charge in [-0.25, -0.2) is 0 Å². The molecule has 5 heteroatoms. The molecule has 0 aliphatic heterocycles. The highest BCUT2D eigenvalue weighted by Gasteiger charge is 2.09. The third-order valence-electron chi connectivity index (χ3n) is 2.59. The molecule has 1 aromatic carbocycles. The van der Waals surface area contributed by atoms with E-state index in [4.69, 9.17) is 0 Å². The number of aromatic nitrogens is 1. The van der Waals surface area contributed by atoms with Gasteiger partial charge in [-0.1, -0.05) is 0 Å². The number of benzene rings is 1. The first-order valence-electron chi connectivity index (χ1n) is 5.67. The standard InChI is InChI=1S/C14H12N2O3/c1-10(17)11-4-6-13(7-5-11)15-14(18)12-3-2-8-16(19)9-12/h2-9H,1H3,(H,15,18). The average Bonchev–Trinajstić information content (AvgIpc) is 2.39. The van der Waals surface area contributed by atoms with Crippen molar-refractivity contribution >= 4 is 17.4 Å². The van der Waals surface area contributed by atoms with Gasteiger partial charge in [-0.2, -0.15) is 4.73 Å². The molecule has 0 saturated carbocycles. The fraction of sp³-hybridized carbons (Fsp3) is 0.0714. The molecule has 1 N–H and O–H groups in total. The minimum atomic E-state index is -0.374. The van der Waals surface area contributed by atoms with Gasteiger partial charge in [0.25, 0.3) is 5.91 Å². The van der Waals surface area contributed by atoms with Crippen LogP contribution in [0.4, 0.5) is 5.69 Å². The average molecular weight is 256 g/mol. The Morgan fingerprint density at radius 3 is 2.37 bits per heavy atom. The van der Waals surface area contributed by atoms with Crippen molar-refractivity contribution in [2.24, 2.45) is 0 Å². The van der Waals surface area contributed by atoms with E-state index < -0.39 is 0 Å². The smallest absolute Gasteiger partial charge is 0.261 e. The molecule has 1 aromatic heterocycles. The van der Waals surface area contributed by atoms with E-state index in [0.29, 0.717) is 16.0 Å². The summed E-state index contributed by atoms with van der Waals surface area (Å²) >= 11 is 0. The Bertz CT molecular complexity index is 621. The monoisotopic (exact) mass is 256 g/mol. The molecule has 19 heavy (non-hydrogen) atoms. The summed E-state index contributed by atoms with van der Waals surface area (Å²) in [5.74, 6) is -0.408. The molecule has 2 rings (SSSR count). The molecular formula is C14H12N2O3. The third-order valence-corrected chi connectivity index (χ3v) is 2.59. The lowest BCUT2D eigenvalue weighted by molar-refractivity contribution is -0.605. The molecule has 0 fully saturated rings. The van der Waals surface area contributed by atoms with Crippen molar-refractivity contribution in [1.82, 2.24) is 0 Å². The zero-order chi connectivity index (χ0) is 13.8. The highest BCUT2D eigenvalue weighted by molar-refractivity contribution is 6.04. The maximum Gasteiger partial charge on any atom is 0.261 e. The normalized spacial score (nSPS) is 9.95. The summed E-state index contributed by atoms with van der Waals surface area (Å²) in [5, 5.41) is 13.7. The van der Waals surface area contributed by atoms with Gasteiger partial charge in [0.1, 0.15) is 5.56 Å². The van der Waals surface area contributed by atoms with Crippen LogP contribution in [-0.2, 0) is 0 Å². The van der Waals surface area contributed by atoms with Crippen molar-refractivity contribution in [1.29, 1.82) is 0 Å². The second kappa shape index (κ2) is 5.30. The van der Waals surface area contributed by atoms with Gasteiger partial charge in [-0.15, -0.1) is 0 Å². The van der Waals surface area contributed by atoms with Gasteiger partial charge in [0.05, 0.1) is 0 Å². The van der Waals surface area contributed by atoms with E-state index in [-0.39, 0.29) is 17.3 Å². The topological polar surface area (TPSA) is 73.1 Å². The largest absolute Gasteiger partial charge is 0.619 e. The molecule has 0 radical (unpaired) electrons. The first-order chi connectivity index (χ1) is 9.06. The van der Waals surface area contributed by atoms with E-state index >= 15 is 0 Å². The van der Waals surface area contributed by atoms with Crippen LogP contribution in [0, 0.1) is 5.21 Å². The van der Waals surface area contributed by atoms with Crippen LogP contribution in [-0.4, -0.2) is 11.7 Å². The predicted molar refractivity (Wildman–Crippen MR) is 69.8 cm³/mol.